The number of amides is 2. The zero-order valence-electron chi connectivity index (χ0n) is 22.4. The van der Waals surface area contributed by atoms with E-state index in [4.69, 9.17) is 4.74 Å². The standard InChI is InChI=1S/C30H50N2O3/c1-3-14-28(23-25-15-7-5-8-16-25)31-29(33)32-21-13-19-27(24-32)30(34,20-11-12-22-35-4-2)26-17-9-6-10-18-26/h6,9-10,17-18,25,27-28,34H,3-5,7-8,11-16,19-24H2,1-2H3,(H,31,33)/t27-,28-,30?/m1/s1. The normalized spacial score (nSPS) is 21.9. The number of unbranched alkanes of at least 4 members (excludes halogenated alkanes) is 1. The third-order valence-corrected chi connectivity index (χ3v) is 8.27. The number of likely N-dealkylation sites (tertiary alicyclic amines) is 1. The number of hydrogen-bond donors (Lipinski definition) is 2. The van der Waals surface area contributed by atoms with Crippen LogP contribution in [0.15, 0.2) is 30.3 Å². The molecule has 1 heterocycles. The molecule has 1 unspecified atom stereocenters. The fourth-order valence-corrected chi connectivity index (χ4v) is 6.29. The monoisotopic (exact) mass is 486 g/mol. The van der Waals surface area contributed by atoms with Crippen molar-refractivity contribution in [3.05, 3.63) is 35.9 Å². The van der Waals surface area contributed by atoms with Crippen molar-refractivity contribution < 1.29 is 14.6 Å². The Morgan fingerprint density at radius 2 is 1.89 bits per heavy atom. The van der Waals surface area contributed by atoms with Crippen LogP contribution < -0.4 is 5.32 Å². The zero-order chi connectivity index (χ0) is 24.9. The molecule has 35 heavy (non-hydrogen) atoms. The summed E-state index contributed by atoms with van der Waals surface area (Å²) in [6, 6.07) is 10.4. The molecule has 3 atom stereocenters. The topological polar surface area (TPSA) is 61.8 Å². The second kappa shape index (κ2) is 14.8. The number of ether oxygens (including phenoxy) is 1. The van der Waals surface area contributed by atoms with Gasteiger partial charge in [-0.15, -0.1) is 0 Å². The SMILES string of the molecule is CCC[C@H](CC1CCCCC1)NC(=O)N1CCC[C@@H](C(O)(CCCCOCC)c2ccccc2)C1. The summed E-state index contributed by atoms with van der Waals surface area (Å²) in [6.45, 7) is 7.09. The van der Waals surface area contributed by atoms with E-state index in [0.29, 0.717) is 13.0 Å². The number of carbonyl (C=O) groups is 1. The Kier molecular flexibility index (Phi) is 11.9. The van der Waals surface area contributed by atoms with Gasteiger partial charge < -0.3 is 20.1 Å². The Labute approximate surface area is 214 Å². The van der Waals surface area contributed by atoms with Crippen LogP contribution in [-0.4, -0.2) is 48.4 Å². The van der Waals surface area contributed by atoms with Crippen LogP contribution in [0.4, 0.5) is 4.79 Å². The van der Waals surface area contributed by atoms with E-state index >= 15 is 0 Å². The van der Waals surface area contributed by atoms with Gasteiger partial charge in [0, 0.05) is 38.3 Å². The van der Waals surface area contributed by atoms with Crippen LogP contribution in [0, 0.1) is 11.8 Å². The molecule has 1 aromatic carbocycles. The Bertz CT molecular complexity index is 722. The number of aliphatic hydroxyl groups is 1. The third kappa shape index (κ3) is 8.49. The molecule has 0 aromatic heterocycles. The summed E-state index contributed by atoms with van der Waals surface area (Å²) in [5.74, 6) is 0.800. The highest BCUT2D eigenvalue weighted by molar-refractivity contribution is 5.74. The highest BCUT2D eigenvalue weighted by Crippen LogP contribution is 2.39. The van der Waals surface area contributed by atoms with Gasteiger partial charge in [0.15, 0.2) is 0 Å². The van der Waals surface area contributed by atoms with Crippen LogP contribution >= 0.6 is 0 Å². The first-order valence-electron chi connectivity index (χ1n) is 14.5. The van der Waals surface area contributed by atoms with E-state index in [9.17, 15) is 9.90 Å². The smallest absolute Gasteiger partial charge is 0.317 e. The van der Waals surface area contributed by atoms with Gasteiger partial charge in [-0.05, 0) is 63.4 Å². The van der Waals surface area contributed by atoms with Crippen LogP contribution in [0.25, 0.3) is 0 Å². The van der Waals surface area contributed by atoms with E-state index < -0.39 is 5.60 Å². The molecule has 3 rings (SSSR count). The highest BCUT2D eigenvalue weighted by Gasteiger charge is 2.41. The van der Waals surface area contributed by atoms with Gasteiger partial charge in [0.05, 0.1) is 5.60 Å². The van der Waals surface area contributed by atoms with Gasteiger partial charge in [0.2, 0.25) is 0 Å². The quantitative estimate of drug-likeness (QED) is 0.307. The van der Waals surface area contributed by atoms with E-state index in [0.717, 1.165) is 76.2 Å². The maximum atomic E-state index is 13.4. The number of nitrogens with zero attached hydrogens (tertiary/aromatic N) is 1. The lowest BCUT2D eigenvalue weighted by atomic mass is 9.74. The lowest BCUT2D eigenvalue weighted by Crippen LogP contribution is -2.52. The molecule has 1 saturated heterocycles. The Morgan fingerprint density at radius 3 is 2.60 bits per heavy atom. The number of urea groups is 1. The largest absolute Gasteiger partial charge is 0.385 e. The highest BCUT2D eigenvalue weighted by atomic mass is 16.5. The summed E-state index contributed by atoms with van der Waals surface area (Å²) in [5.41, 5.74) is 0.0574. The summed E-state index contributed by atoms with van der Waals surface area (Å²) >= 11 is 0. The Balaban J connectivity index is 1.63. The molecule has 1 aliphatic carbocycles. The molecule has 0 bridgehead atoms. The number of hydrogen-bond acceptors (Lipinski definition) is 3. The number of carbonyl (C=O) groups excluding carboxylic acids is 1. The van der Waals surface area contributed by atoms with Crippen molar-refractivity contribution in [2.24, 2.45) is 11.8 Å². The van der Waals surface area contributed by atoms with Gasteiger partial charge in [0.1, 0.15) is 0 Å². The van der Waals surface area contributed by atoms with Gasteiger partial charge in [-0.1, -0.05) is 75.8 Å². The summed E-state index contributed by atoms with van der Waals surface area (Å²) in [7, 11) is 0. The minimum Gasteiger partial charge on any atom is -0.385 e. The van der Waals surface area contributed by atoms with E-state index in [1.165, 1.54) is 32.1 Å². The maximum absolute atomic E-state index is 13.4. The van der Waals surface area contributed by atoms with Crippen LogP contribution in [0.1, 0.15) is 103 Å². The maximum Gasteiger partial charge on any atom is 0.317 e. The Morgan fingerprint density at radius 1 is 1.11 bits per heavy atom. The van der Waals surface area contributed by atoms with Crippen molar-refractivity contribution in [2.45, 2.75) is 109 Å². The molecule has 0 spiro atoms. The first-order chi connectivity index (χ1) is 17.1. The molecular formula is C30H50N2O3. The molecular weight excluding hydrogens is 436 g/mol. The molecule has 198 valence electrons. The van der Waals surface area contributed by atoms with Crippen molar-refractivity contribution in [3.8, 4) is 0 Å². The molecule has 5 heteroatoms. The first kappa shape index (κ1) is 28.0. The van der Waals surface area contributed by atoms with Gasteiger partial charge in [-0.2, -0.15) is 0 Å². The summed E-state index contributed by atoms with van der Waals surface area (Å²) < 4.78 is 5.52. The number of benzene rings is 1. The predicted molar refractivity (Wildman–Crippen MR) is 143 cm³/mol. The Hall–Kier alpha value is -1.59. The molecule has 1 aliphatic heterocycles. The fourth-order valence-electron chi connectivity index (χ4n) is 6.29. The van der Waals surface area contributed by atoms with E-state index in [2.05, 4.69) is 12.2 Å². The lowest BCUT2D eigenvalue weighted by molar-refractivity contribution is -0.0565. The van der Waals surface area contributed by atoms with Crippen molar-refractivity contribution in [3.63, 3.8) is 0 Å². The second-order valence-corrected chi connectivity index (χ2v) is 10.9. The molecule has 5 nitrogen and oxygen atoms in total. The zero-order valence-corrected chi connectivity index (χ0v) is 22.4. The van der Waals surface area contributed by atoms with Gasteiger partial charge in [-0.3, -0.25) is 0 Å². The number of nitrogens with one attached hydrogen (secondary N) is 1. The van der Waals surface area contributed by atoms with Gasteiger partial charge in [-0.25, -0.2) is 4.79 Å². The van der Waals surface area contributed by atoms with Crippen LogP contribution in [-0.2, 0) is 10.3 Å². The first-order valence-corrected chi connectivity index (χ1v) is 14.5. The van der Waals surface area contributed by atoms with Gasteiger partial charge >= 0.3 is 6.03 Å². The molecule has 1 aromatic rings. The predicted octanol–water partition coefficient (Wildman–Crippen LogP) is 6.64. The van der Waals surface area contributed by atoms with Crippen molar-refractivity contribution in [1.29, 1.82) is 0 Å². The second-order valence-electron chi connectivity index (χ2n) is 10.9. The fraction of sp³-hybridized carbons (Fsp3) is 0.767. The van der Waals surface area contributed by atoms with Crippen molar-refractivity contribution >= 4 is 6.03 Å². The van der Waals surface area contributed by atoms with E-state index in [-0.39, 0.29) is 18.0 Å². The van der Waals surface area contributed by atoms with Crippen LogP contribution in [0.2, 0.25) is 0 Å². The van der Waals surface area contributed by atoms with E-state index in [1.54, 1.807) is 0 Å². The average Bonchev–Trinajstić information content (AvgIpc) is 2.89. The summed E-state index contributed by atoms with van der Waals surface area (Å²) in [5, 5.41) is 15.4. The molecule has 2 N–H and O–H groups in total. The lowest BCUT2D eigenvalue weighted by Gasteiger charge is -2.43. The molecule has 2 fully saturated rings. The third-order valence-electron chi connectivity index (χ3n) is 8.27. The molecule has 0 radical (unpaired) electrons. The van der Waals surface area contributed by atoms with Gasteiger partial charge in [0.25, 0.3) is 0 Å². The van der Waals surface area contributed by atoms with E-state index in [1.807, 2.05) is 42.2 Å². The molecule has 2 aliphatic rings. The number of piperidine rings is 1. The average molecular weight is 487 g/mol. The van der Waals surface area contributed by atoms with Crippen molar-refractivity contribution in [2.75, 3.05) is 26.3 Å². The van der Waals surface area contributed by atoms with Crippen molar-refractivity contribution in [1.82, 2.24) is 10.2 Å². The molecule has 1 saturated carbocycles. The number of rotatable bonds is 13. The minimum atomic E-state index is -0.919. The minimum absolute atomic E-state index is 0.0412. The summed E-state index contributed by atoms with van der Waals surface area (Å²) in [4.78, 5) is 15.4. The van der Waals surface area contributed by atoms with Crippen LogP contribution in [0.5, 0.6) is 0 Å². The van der Waals surface area contributed by atoms with Crippen LogP contribution in [0.3, 0.4) is 0 Å². The summed E-state index contributed by atoms with van der Waals surface area (Å²) in [6.07, 6.45) is 14.4. The molecule has 2 amide bonds.